The molecule has 0 aromatic rings. The average Bonchev–Trinajstić information content (AvgIpc) is 2.17. The molecular weight excluding hydrogens is 121 g/mol. The van der Waals surface area contributed by atoms with Crippen molar-refractivity contribution in [1.29, 1.82) is 0 Å². The van der Waals surface area contributed by atoms with Crippen molar-refractivity contribution in [3.63, 3.8) is 0 Å². The third kappa shape index (κ3) is 1.91. The lowest BCUT2D eigenvalue weighted by molar-refractivity contribution is 0.171. The zero-order valence-electron chi connectivity index (χ0n) is 5.56. The van der Waals surface area contributed by atoms with E-state index in [1.807, 2.05) is 0 Å². The van der Waals surface area contributed by atoms with Crippen LogP contribution in [0.1, 0.15) is 6.42 Å². The SMILES string of the molecule is COC[C@H]1C[C@H](F)CN1. The molecule has 1 aliphatic heterocycles. The van der Waals surface area contributed by atoms with E-state index >= 15 is 0 Å². The summed E-state index contributed by atoms with van der Waals surface area (Å²) in [5.41, 5.74) is 0. The monoisotopic (exact) mass is 133 g/mol. The lowest BCUT2D eigenvalue weighted by atomic mass is 10.2. The molecular formula is C6H12FNO. The minimum atomic E-state index is -0.662. The van der Waals surface area contributed by atoms with E-state index < -0.39 is 6.17 Å². The zero-order chi connectivity index (χ0) is 6.69. The van der Waals surface area contributed by atoms with Gasteiger partial charge in [-0.3, -0.25) is 0 Å². The van der Waals surface area contributed by atoms with Crippen LogP contribution in [0.2, 0.25) is 0 Å². The van der Waals surface area contributed by atoms with Crippen LogP contribution in [0.4, 0.5) is 4.39 Å². The number of nitrogens with one attached hydrogen (secondary N) is 1. The van der Waals surface area contributed by atoms with Gasteiger partial charge in [-0.2, -0.15) is 0 Å². The average molecular weight is 133 g/mol. The number of alkyl halides is 1. The van der Waals surface area contributed by atoms with E-state index in [1.165, 1.54) is 0 Å². The topological polar surface area (TPSA) is 21.3 Å². The quantitative estimate of drug-likeness (QED) is 0.586. The standard InChI is InChI=1S/C6H12FNO/c1-9-4-6-2-5(7)3-8-6/h5-6,8H,2-4H2,1H3/t5-,6+/m0/s1. The molecule has 54 valence electrons. The van der Waals surface area contributed by atoms with Crippen LogP contribution in [-0.4, -0.2) is 32.5 Å². The molecule has 1 aliphatic rings. The van der Waals surface area contributed by atoms with Gasteiger partial charge in [-0.1, -0.05) is 0 Å². The van der Waals surface area contributed by atoms with Crippen molar-refractivity contribution in [2.75, 3.05) is 20.3 Å². The Morgan fingerprint density at radius 2 is 2.56 bits per heavy atom. The first-order valence-electron chi connectivity index (χ1n) is 3.19. The van der Waals surface area contributed by atoms with Crippen LogP contribution < -0.4 is 5.32 Å². The molecule has 0 aromatic carbocycles. The third-order valence-corrected chi connectivity index (χ3v) is 1.54. The van der Waals surface area contributed by atoms with Crippen molar-refractivity contribution in [2.24, 2.45) is 0 Å². The molecule has 1 fully saturated rings. The van der Waals surface area contributed by atoms with E-state index in [1.54, 1.807) is 7.11 Å². The van der Waals surface area contributed by atoms with Crippen LogP contribution in [0, 0.1) is 0 Å². The van der Waals surface area contributed by atoms with Gasteiger partial charge in [0.25, 0.3) is 0 Å². The van der Waals surface area contributed by atoms with Crippen molar-refractivity contribution >= 4 is 0 Å². The Balaban J connectivity index is 2.14. The summed E-state index contributed by atoms with van der Waals surface area (Å²) in [6.07, 6.45) is -0.0569. The molecule has 0 amide bonds. The first kappa shape index (κ1) is 6.96. The fourth-order valence-electron chi connectivity index (χ4n) is 1.10. The highest BCUT2D eigenvalue weighted by Gasteiger charge is 2.22. The van der Waals surface area contributed by atoms with Gasteiger partial charge < -0.3 is 10.1 Å². The molecule has 0 saturated carbocycles. The van der Waals surface area contributed by atoms with Crippen LogP contribution in [0.3, 0.4) is 0 Å². The van der Waals surface area contributed by atoms with Crippen LogP contribution in [0.5, 0.6) is 0 Å². The number of methoxy groups -OCH3 is 1. The first-order chi connectivity index (χ1) is 4.33. The minimum absolute atomic E-state index is 0.241. The van der Waals surface area contributed by atoms with E-state index in [-0.39, 0.29) is 6.04 Å². The molecule has 0 spiro atoms. The summed E-state index contributed by atoms with van der Waals surface area (Å²) in [5.74, 6) is 0. The fraction of sp³-hybridized carbons (Fsp3) is 1.00. The Kier molecular flexibility index (Phi) is 2.42. The normalized spacial score (nSPS) is 35.3. The van der Waals surface area contributed by atoms with Gasteiger partial charge in [0.05, 0.1) is 6.61 Å². The molecule has 0 aromatic heterocycles. The number of hydrogen-bond acceptors (Lipinski definition) is 2. The summed E-state index contributed by atoms with van der Waals surface area (Å²) >= 11 is 0. The lowest BCUT2D eigenvalue weighted by Gasteiger charge is -2.05. The van der Waals surface area contributed by atoms with Gasteiger partial charge in [0.1, 0.15) is 6.17 Å². The maximum Gasteiger partial charge on any atom is 0.114 e. The second-order valence-electron chi connectivity index (χ2n) is 2.39. The summed E-state index contributed by atoms with van der Waals surface area (Å²) < 4.78 is 17.2. The molecule has 1 saturated heterocycles. The first-order valence-corrected chi connectivity index (χ1v) is 3.19. The molecule has 0 aliphatic carbocycles. The Bertz CT molecular complexity index is 87.1. The minimum Gasteiger partial charge on any atom is -0.383 e. The van der Waals surface area contributed by atoms with E-state index in [4.69, 9.17) is 4.74 Å². The summed E-state index contributed by atoms with van der Waals surface area (Å²) in [6.45, 7) is 1.12. The van der Waals surface area contributed by atoms with Crippen LogP contribution >= 0.6 is 0 Å². The number of halogens is 1. The second-order valence-corrected chi connectivity index (χ2v) is 2.39. The highest BCUT2D eigenvalue weighted by molar-refractivity contribution is 4.80. The molecule has 0 radical (unpaired) electrons. The van der Waals surface area contributed by atoms with Crippen LogP contribution in [0.15, 0.2) is 0 Å². The van der Waals surface area contributed by atoms with Crippen molar-refractivity contribution in [2.45, 2.75) is 18.6 Å². The Labute approximate surface area is 54.4 Å². The van der Waals surface area contributed by atoms with Gasteiger partial charge in [-0.05, 0) is 6.42 Å². The van der Waals surface area contributed by atoms with E-state index in [2.05, 4.69) is 5.32 Å². The van der Waals surface area contributed by atoms with Gasteiger partial charge in [-0.15, -0.1) is 0 Å². The van der Waals surface area contributed by atoms with Crippen molar-refractivity contribution < 1.29 is 9.13 Å². The summed E-state index contributed by atoms with van der Waals surface area (Å²) in [7, 11) is 1.63. The van der Waals surface area contributed by atoms with E-state index in [0.717, 1.165) is 0 Å². The smallest absolute Gasteiger partial charge is 0.114 e. The van der Waals surface area contributed by atoms with Gasteiger partial charge in [0.15, 0.2) is 0 Å². The molecule has 1 heterocycles. The third-order valence-electron chi connectivity index (χ3n) is 1.54. The van der Waals surface area contributed by atoms with Crippen LogP contribution in [-0.2, 0) is 4.74 Å². The van der Waals surface area contributed by atoms with E-state index in [9.17, 15) is 4.39 Å². The summed E-state index contributed by atoms with van der Waals surface area (Å²) in [5, 5.41) is 3.01. The Morgan fingerprint density at radius 1 is 1.78 bits per heavy atom. The van der Waals surface area contributed by atoms with Crippen molar-refractivity contribution in [3.05, 3.63) is 0 Å². The Morgan fingerprint density at radius 3 is 3.00 bits per heavy atom. The molecule has 9 heavy (non-hydrogen) atoms. The highest BCUT2D eigenvalue weighted by Crippen LogP contribution is 2.09. The van der Waals surface area contributed by atoms with Crippen LogP contribution in [0.25, 0.3) is 0 Å². The molecule has 1 rings (SSSR count). The molecule has 3 heteroatoms. The fourth-order valence-corrected chi connectivity index (χ4v) is 1.10. The number of hydrogen-bond donors (Lipinski definition) is 1. The molecule has 0 unspecified atom stereocenters. The maximum absolute atomic E-state index is 12.4. The van der Waals surface area contributed by atoms with Gasteiger partial charge >= 0.3 is 0 Å². The predicted octanol–water partition coefficient (Wildman–Crippen LogP) is 0.333. The van der Waals surface area contributed by atoms with Gasteiger partial charge in [0, 0.05) is 19.7 Å². The summed E-state index contributed by atoms with van der Waals surface area (Å²) in [4.78, 5) is 0. The predicted molar refractivity (Wildman–Crippen MR) is 33.2 cm³/mol. The van der Waals surface area contributed by atoms with Gasteiger partial charge in [-0.25, -0.2) is 4.39 Å². The van der Waals surface area contributed by atoms with Crippen molar-refractivity contribution in [3.8, 4) is 0 Å². The van der Waals surface area contributed by atoms with Gasteiger partial charge in [0.2, 0.25) is 0 Å². The second kappa shape index (κ2) is 3.13. The highest BCUT2D eigenvalue weighted by atomic mass is 19.1. The van der Waals surface area contributed by atoms with E-state index in [0.29, 0.717) is 19.6 Å². The maximum atomic E-state index is 12.4. The molecule has 2 atom stereocenters. The molecule has 1 N–H and O–H groups in total. The Hall–Kier alpha value is -0.150. The lowest BCUT2D eigenvalue weighted by Crippen LogP contribution is -2.25. The van der Waals surface area contributed by atoms with Crippen molar-refractivity contribution in [1.82, 2.24) is 5.32 Å². The molecule has 0 bridgehead atoms. The molecule has 2 nitrogen and oxygen atoms in total. The largest absolute Gasteiger partial charge is 0.383 e. The zero-order valence-corrected chi connectivity index (χ0v) is 5.56. The number of rotatable bonds is 2. The summed E-state index contributed by atoms with van der Waals surface area (Å²) in [6, 6.07) is 0.241. The number of ether oxygens (including phenoxy) is 1.